The normalized spacial score (nSPS) is 36.4. The highest BCUT2D eigenvalue weighted by Crippen LogP contribution is 2.45. The van der Waals surface area contributed by atoms with E-state index in [0.717, 1.165) is 19.3 Å². The number of aromatic nitrogens is 3. The van der Waals surface area contributed by atoms with Gasteiger partial charge >= 0.3 is 0 Å². The minimum atomic E-state index is -0.681. The van der Waals surface area contributed by atoms with Crippen LogP contribution in [0.15, 0.2) is 36.7 Å². The molecule has 2 aliphatic carbocycles. The molecule has 1 saturated carbocycles. The van der Waals surface area contributed by atoms with Gasteiger partial charge in [-0.05, 0) is 12.8 Å². The fraction of sp³-hybridized carbons (Fsp3) is 0.500. The van der Waals surface area contributed by atoms with E-state index in [9.17, 15) is 4.79 Å². The van der Waals surface area contributed by atoms with Crippen LogP contribution < -0.4 is 11.5 Å². The molecule has 4 N–H and O–H groups in total. The second-order valence-corrected chi connectivity index (χ2v) is 5.53. The second-order valence-electron chi connectivity index (χ2n) is 5.53. The quantitative estimate of drug-likeness (QED) is 0.828. The van der Waals surface area contributed by atoms with Gasteiger partial charge in [0, 0.05) is 12.0 Å². The fourth-order valence-corrected chi connectivity index (χ4v) is 3.64. The molecular formula is C14H19N5O. The predicted octanol–water partition coefficient (Wildman–Crippen LogP) is 0.328. The Morgan fingerprint density at radius 1 is 1.25 bits per heavy atom. The highest BCUT2D eigenvalue weighted by Gasteiger charge is 2.52. The van der Waals surface area contributed by atoms with Gasteiger partial charge < -0.3 is 11.5 Å². The molecule has 0 radical (unpaired) electrons. The number of hydrogen-bond acceptors (Lipinski definition) is 4. The van der Waals surface area contributed by atoms with E-state index in [1.807, 2.05) is 24.3 Å². The Morgan fingerprint density at radius 2 is 2.00 bits per heavy atom. The van der Waals surface area contributed by atoms with Gasteiger partial charge in [0.1, 0.15) is 5.54 Å². The molecule has 6 nitrogen and oxygen atoms in total. The first-order valence-corrected chi connectivity index (χ1v) is 6.94. The number of nitrogens with two attached hydrogens (primary N) is 2. The van der Waals surface area contributed by atoms with E-state index in [0.29, 0.717) is 0 Å². The van der Waals surface area contributed by atoms with Crippen molar-refractivity contribution in [2.45, 2.75) is 30.8 Å². The van der Waals surface area contributed by atoms with Crippen molar-refractivity contribution in [2.75, 3.05) is 0 Å². The first-order valence-electron chi connectivity index (χ1n) is 6.94. The van der Waals surface area contributed by atoms with Gasteiger partial charge in [-0.1, -0.05) is 30.7 Å². The second kappa shape index (κ2) is 4.86. The molecular weight excluding hydrogens is 254 g/mol. The zero-order chi connectivity index (χ0) is 14.2. The highest BCUT2D eigenvalue weighted by molar-refractivity contribution is 5.80. The molecule has 20 heavy (non-hydrogen) atoms. The summed E-state index contributed by atoms with van der Waals surface area (Å²) in [4.78, 5) is 13.6. The largest absolute Gasteiger partial charge is 0.369 e. The number of carbonyl (C=O) groups excluding carboxylic acids is 1. The van der Waals surface area contributed by atoms with E-state index in [-0.39, 0.29) is 17.9 Å². The van der Waals surface area contributed by atoms with Crippen LogP contribution in [0.25, 0.3) is 0 Å². The molecule has 1 aromatic rings. The van der Waals surface area contributed by atoms with E-state index in [2.05, 4.69) is 10.2 Å². The summed E-state index contributed by atoms with van der Waals surface area (Å²) < 4.78 is 0. The molecule has 3 rings (SSSR count). The molecule has 106 valence electrons. The van der Waals surface area contributed by atoms with Gasteiger partial charge in [0.2, 0.25) is 5.91 Å². The van der Waals surface area contributed by atoms with Crippen LogP contribution in [-0.2, 0) is 10.3 Å². The molecule has 0 aliphatic heterocycles. The Kier molecular flexibility index (Phi) is 3.17. The lowest BCUT2D eigenvalue weighted by molar-refractivity contribution is -0.124. The summed E-state index contributed by atoms with van der Waals surface area (Å²) in [6.07, 6.45) is 13.8. The Balaban J connectivity index is 2.15. The third-order valence-corrected chi connectivity index (χ3v) is 4.51. The highest BCUT2D eigenvalue weighted by atomic mass is 16.1. The summed E-state index contributed by atoms with van der Waals surface area (Å²) >= 11 is 0. The summed E-state index contributed by atoms with van der Waals surface area (Å²) in [5.41, 5.74) is 11.2. The van der Waals surface area contributed by atoms with Gasteiger partial charge in [0.05, 0.1) is 18.3 Å². The van der Waals surface area contributed by atoms with E-state index < -0.39 is 11.5 Å². The molecule has 2 unspecified atom stereocenters. The summed E-state index contributed by atoms with van der Waals surface area (Å²) in [6.45, 7) is 0. The van der Waals surface area contributed by atoms with Crippen molar-refractivity contribution in [3.8, 4) is 0 Å². The molecule has 0 spiro atoms. The maximum atomic E-state index is 12.0. The van der Waals surface area contributed by atoms with Crippen molar-refractivity contribution in [1.82, 2.24) is 15.0 Å². The zero-order valence-electron chi connectivity index (χ0n) is 11.2. The van der Waals surface area contributed by atoms with Crippen LogP contribution in [0.4, 0.5) is 0 Å². The molecule has 6 heteroatoms. The van der Waals surface area contributed by atoms with Crippen LogP contribution in [0.2, 0.25) is 0 Å². The van der Waals surface area contributed by atoms with Crippen molar-refractivity contribution in [2.24, 2.45) is 23.3 Å². The maximum Gasteiger partial charge on any atom is 0.227 e. The van der Waals surface area contributed by atoms with Crippen LogP contribution in [0.3, 0.4) is 0 Å². The van der Waals surface area contributed by atoms with Gasteiger partial charge in [-0.25, -0.2) is 0 Å². The van der Waals surface area contributed by atoms with Gasteiger partial charge in [-0.3, -0.25) is 4.79 Å². The van der Waals surface area contributed by atoms with Gasteiger partial charge in [-0.2, -0.15) is 15.0 Å². The number of primary amides is 1. The molecule has 0 bridgehead atoms. The average molecular weight is 273 g/mol. The number of amides is 1. The van der Waals surface area contributed by atoms with Crippen molar-refractivity contribution in [3.63, 3.8) is 0 Å². The van der Waals surface area contributed by atoms with Crippen LogP contribution in [0, 0.1) is 11.8 Å². The van der Waals surface area contributed by atoms with Crippen LogP contribution >= 0.6 is 0 Å². The molecule has 0 saturated heterocycles. The van der Waals surface area contributed by atoms with Gasteiger partial charge in [0.15, 0.2) is 0 Å². The van der Waals surface area contributed by atoms with Crippen molar-refractivity contribution >= 4 is 5.91 Å². The first-order chi connectivity index (χ1) is 9.66. The SMILES string of the molecule is NC(=O)C1C=CC=CC1([C@H]1CCC[C@@H]1N)n1nccn1. The van der Waals surface area contributed by atoms with Crippen LogP contribution in [-0.4, -0.2) is 26.9 Å². The lowest BCUT2D eigenvalue weighted by Gasteiger charge is -2.42. The van der Waals surface area contributed by atoms with Crippen molar-refractivity contribution in [1.29, 1.82) is 0 Å². The standard InChI is InChI=1S/C14H19N5O/c15-12-6-3-5-10(12)14(19-17-8-9-18-19)7-2-1-4-11(14)13(16)20/h1-2,4,7-12H,3,5-6,15H2,(H2,16,20)/t10-,11?,12-,14?/m0/s1. The summed E-state index contributed by atoms with van der Waals surface area (Å²) in [7, 11) is 0. The Hall–Kier alpha value is -1.95. The summed E-state index contributed by atoms with van der Waals surface area (Å²) in [6, 6.07) is 0.0269. The fourth-order valence-electron chi connectivity index (χ4n) is 3.64. The Labute approximate surface area is 117 Å². The number of nitrogens with zero attached hydrogens (tertiary/aromatic N) is 3. The first kappa shape index (κ1) is 13.1. The molecule has 0 aromatic carbocycles. The smallest absolute Gasteiger partial charge is 0.227 e. The third kappa shape index (κ3) is 1.79. The van der Waals surface area contributed by atoms with Crippen LogP contribution in [0.1, 0.15) is 19.3 Å². The van der Waals surface area contributed by atoms with Crippen LogP contribution in [0.5, 0.6) is 0 Å². The van der Waals surface area contributed by atoms with Crippen molar-refractivity contribution < 1.29 is 4.79 Å². The number of allylic oxidation sites excluding steroid dienone is 3. The van der Waals surface area contributed by atoms with E-state index in [1.54, 1.807) is 17.2 Å². The van der Waals surface area contributed by atoms with Crippen molar-refractivity contribution in [3.05, 3.63) is 36.7 Å². The van der Waals surface area contributed by atoms with E-state index >= 15 is 0 Å². The molecule has 1 amide bonds. The molecule has 4 atom stereocenters. The zero-order valence-corrected chi connectivity index (χ0v) is 11.2. The maximum absolute atomic E-state index is 12.0. The number of hydrogen-bond donors (Lipinski definition) is 2. The third-order valence-electron chi connectivity index (χ3n) is 4.51. The summed E-state index contributed by atoms with van der Waals surface area (Å²) in [5, 5.41) is 8.56. The Bertz CT molecular complexity index is 550. The topological polar surface area (TPSA) is 99.8 Å². The van der Waals surface area contributed by atoms with Gasteiger partial charge in [-0.15, -0.1) is 0 Å². The molecule has 2 aliphatic rings. The van der Waals surface area contributed by atoms with E-state index in [1.165, 1.54) is 0 Å². The number of rotatable bonds is 3. The summed E-state index contributed by atoms with van der Waals surface area (Å²) in [5.74, 6) is -0.746. The van der Waals surface area contributed by atoms with Gasteiger partial charge in [0.25, 0.3) is 0 Å². The average Bonchev–Trinajstić information content (AvgIpc) is 3.09. The monoisotopic (exact) mass is 273 g/mol. The Morgan fingerprint density at radius 3 is 2.60 bits per heavy atom. The lowest BCUT2D eigenvalue weighted by atomic mass is 9.69. The molecule has 1 fully saturated rings. The molecule has 1 heterocycles. The molecule has 1 aromatic heterocycles. The lowest BCUT2D eigenvalue weighted by Crippen LogP contribution is -2.55. The number of carbonyl (C=O) groups is 1. The minimum Gasteiger partial charge on any atom is -0.369 e. The van der Waals surface area contributed by atoms with E-state index in [4.69, 9.17) is 11.5 Å². The predicted molar refractivity (Wildman–Crippen MR) is 74.3 cm³/mol. The minimum absolute atomic E-state index is 0.0269.